The Morgan fingerprint density at radius 3 is 2.68 bits per heavy atom. The molecule has 0 aromatic carbocycles. The zero-order chi connectivity index (χ0) is 15.7. The second-order valence-electron chi connectivity index (χ2n) is 5.87. The average molecular weight is 305 g/mol. The van der Waals surface area contributed by atoms with E-state index < -0.39 is 12.0 Å². The Bertz CT molecular complexity index is 575. The predicted molar refractivity (Wildman–Crippen MR) is 76.5 cm³/mol. The molecule has 1 saturated heterocycles. The lowest BCUT2D eigenvalue weighted by molar-refractivity contribution is -0.141. The quantitative estimate of drug-likeness (QED) is 0.906. The van der Waals surface area contributed by atoms with Gasteiger partial charge in [-0.1, -0.05) is 12.8 Å². The maximum absolute atomic E-state index is 12.7. The molecule has 22 heavy (non-hydrogen) atoms. The van der Waals surface area contributed by atoms with Gasteiger partial charge in [-0.05, 0) is 31.2 Å². The molecule has 2 heterocycles. The van der Waals surface area contributed by atoms with Crippen LogP contribution in [-0.4, -0.2) is 51.3 Å². The Hall–Kier alpha value is -2.18. The number of hydrogen-bond acceptors (Lipinski definition) is 5. The Morgan fingerprint density at radius 2 is 2.05 bits per heavy atom. The first-order valence-electron chi connectivity index (χ1n) is 7.55. The van der Waals surface area contributed by atoms with E-state index >= 15 is 0 Å². The van der Waals surface area contributed by atoms with Crippen molar-refractivity contribution in [3.8, 4) is 5.88 Å². The fourth-order valence-electron chi connectivity index (χ4n) is 3.65. The number of methoxy groups -OCH3 is 1. The molecule has 1 aliphatic carbocycles. The number of carboxylic acids is 1. The van der Waals surface area contributed by atoms with Gasteiger partial charge >= 0.3 is 5.97 Å². The fraction of sp³-hybridized carbons (Fsp3) is 0.600. The van der Waals surface area contributed by atoms with Gasteiger partial charge in [0.05, 0.1) is 7.11 Å². The minimum atomic E-state index is -0.941. The maximum atomic E-state index is 12.7. The lowest BCUT2D eigenvalue weighted by Gasteiger charge is -2.32. The number of rotatable bonds is 3. The van der Waals surface area contributed by atoms with Crippen LogP contribution < -0.4 is 4.74 Å². The number of carboxylic acid groups (broad SMARTS) is 1. The zero-order valence-corrected chi connectivity index (χ0v) is 12.4. The van der Waals surface area contributed by atoms with Crippen molar-refractivity contribution in [2.45, 2.75) is 44.2 Å². The number of nitrogens with zero attached hydrogens (tertiary/aromatic N) is 3. The second-order valence-corrected chi connectivity index (χ2v) is 5.87. The number of aliphatic carboxylic acids is 1. The van der Waals surface area contributed by atoms with Crippen LogP contribution in [0.1, 0.15) is 42.6 Å². The van der Waals surface area contributed by atoms with Gasteiger partial charge in [-0.3, -0.25) is 4.79 Å². The Kier molecular flexibility index (Phi) is 3.96. The number of ether oxygens (including phenoxy) is 1. The molecule has 7 nitrogen and oxygen atoms in total. The normalized spacial score (nSPS) is 27.3. The second kappa shape index (κ2) is 5.90. The minimum absolute atomic E-state index is 0.00579. The van der Waals surface area contributed by atoms with Crippen LogP contribution >= 0.6 is 0 Å². The minimum Gasteiger partial charge on any atom is -0.480 e. The molecule has 1 aromatic heterocycles. The highest BCUT2D eigenvalue weighted by Crippen LogP contribution is 2.40. The van der Waals surface area contributed by atoms with Crippen LogP contribution in [0.25, 0.3) is 0 Å². The molecule has 3 atom stereocenters. The van der Waals surface area contributed by atoms with E-state index in [1.54, 1.807) is 6.07 Å². The third-order valence-corrected chi connectivity index (χ3v) is 4.68. The van der Waals surface area contributed by atoms with E-state index in [1.807, 2.05) is 0 Å². The number of aromatic nitrogens is 2. The summed E-state index contributed by atoms with van der Waals surface area (Å²) in [6.45, 7) is 0. The summed E-state index contributed by atoms with van der Waals surface area (Å²) in [6.07, 6.45) is 4.54. The lowest BCUT2D eigenvalue weighted by atomic mass is 9.84. The van der Waals surface area contributed by atoms with Gasteiger partial charge in [0.1, 0.15) is 6.04 Å². The SMILES string of the molecule is COc1ccc(C(=O)N2C(C(=O)O)CC3CCCCC32)nn1. The molecule has 0 spiro atoms. The number of carbonyl (C=O) groups excluding carboxylic acids is 1. The van der Waals surface area contributed by atoms with Crippen molar-refractivity contribution < 1.29 is 19.4 Å². The van der Waals surface area contributed by atoms with E-state index in [0.29, 0.717) is 12.3 Å². The summed E-state index contributed by atoms with van der Waals surface area (Å²) in [5.74, 6) is -0.686. The van der Waals surface area contributed by atoms with Crippen LogP contribution in [0.5, 0.6) is 5.88 Å². The largest absolute Gasteiger partial charge is 0.480 e. The molecule has 7 heteroatoms. The van der Waals surface area contributed by atoms with E-state index in [1.165, 1.54) is 18.1 Å². The van der Waals surface area contributed by atoms with Crippen LogP contribution in [0.2, 0.25) is 0 Å². The van der Waals surface area contributed by atoms with Gasteiger partial charge in [-0.2, -0.15) is 0 Å². The topological polar surface area (TPSA) is 92.6 Å². The van der Waals surface area contributed by atoms with Gasteiger partial charge in [0.25, 0.3) is 5.91 Å². The molecular weight excluding hydrogens is 286 g/mol. The fourth-order valence-corrected chi connectivity index (χ4v) is 3.65. The highest BCUT2D eigenvalue weighted by atomic mass is 16.5. The van der Waals surface area contributed by atoms with Crippen molar-refractivity contribution in [2.24, 2.45) is 5.92 Å². The highest BCUT2D eigenvalue weighted by Gasteiger charge is 2.48. The van der Waals surface area contributed by atoms with Crippen LogP contribution in [0.15, 0.2) is 12.1 Å². The van der Waals surface area contributed by atoms with Crippen molar-refractivity contribution in [3.05, 3.63) is 17.8 Å². The smallest absolute Gasteiger partial charge is 0.326 e. The molecule has 2 aliphatic rings. The molecule has 1 N–H and O–H groups in total. The summed E-state index contributed by atoms with van der Waals surface area (Å²) in [5, 5.41) is 17.1. The van der Waals surface area contributed by atoms with Crippen molar-refractivity contribution in [3.63, 3.8) is 0 Å². The van der Waals surface area contributed by atoms with E-state index in [0.717, 1.165) is 25.7 Å². The van der Waals surface area contributed by atoms with E-state index in [-0.39, 0.29) is 23.6 Å². The van der Waals surface area contributed by atoms with E-state index in [4.69, 9.17) is 4.74 Å². The Labute approximate surface area is 128 Å². The molecule has 3 unspecified atom stereocenters. The predicted octanol–water partition coefficient (Wildman–Crippen LogP) is 1.34. The number of hydrogen-bond donors (Lipinski definition) is 1. The van der Waals surface area contributed by atoms with E-state index in [9.17, 15) is 14.7 Å². The summed E-state index contributed by atoms with van der Waals surface area (Å²) in [4.78, 5) is 25.8. The molecule has 1 aliphatic heterocycles. The molecule has 1 saturated carbocycles. The van der Waals surface area contributed by atoms with Crippen LogP contribution in [-0.2, 0) is 4.79 Å². The molecule has 118 valence electrons. The van der Waals surface area contributed by atoms with Gasteiger partial charge < -0.3 is 14.7 Å². The van der Waals surface area contributed by atoms with Crippen molar-refractivity contribution >= 4 is 11.9 Å². The number of likely N-dealkylation sites (tertiary alicyclic amines) is 1. The maximum Gasteiger partial charge on any atom is 0.326 e. The Balaban J connectivity index is 1.88. The molecule has 0 bridgehead atoms. The third kappa shape index (κ3) is 2.51. The van der Waals surface area contributed by atoms with E-state index in [2.05, 4.69) is 10.2 Å². The van der Waals surface area contributed by atoms with Crippen LogP contribution in [0.4, 0.5) is 0 Å². The molecule has 1 amide bonds. The number of amides is 1. The average Bonchev–Trinajstić information content (AvgIpc) is 2.94. The third-order valence-electron chi connectivity index (χ3n) is 4.68. The Morgan fingerprint density at radius 1 is 1.27 bits per heavy atom. The van der Waals surface area contributed by atoms with Crippen LogP contribution in [0, 0.1) is 5.92 Å². The number of carbonyl (C=O) groups is 2. The van der Waals surface area contributed by atoms with Crippen molar-refractivity contribution in [2.75, 3.05) is 7.11 Å². The molecule has 1 aromatic rings. The van der Waals surface area contributed by atoms with Gasteiger partial charge in [-0.15, -0.1) is 10.2 Å². The first-order chi connectivity index (χ1) is 10.6. The van der Waals surface area contributed by atoms with Gasteiger partial charge in [0.2, 0.25) is 5.88 Å². The first-order valence-corrected chi connectivity index (χ1v) is 7.55. The van der Waals surface area contributed by atoms with Gasteiger partial charge in [0, 0.05) is 12.1 Å². The van der Waals surface area contributed by atoms with Crippen LogP contribution in [0.3, 0.4) is 0 Å². The molecular formula is C15H19N3O4. The van der Waals surface area contributed by atoms with Gasteiger partial charge in [-0.25, -0.2) is 4.79 Å². The monoisotopic (exact) mass is 305 g/mol. The lowest BCUT2D eigenvalue weighted by Crippen LogP contribution is -2.46. The summed E-state index contributed by atoms with van der Waals surface area (Å²) in [6, 6.07) is 2.34. The summed E-state index contributed by atoms with van der Waals surface area (Å²) in [5.41, 5.74) is 0.165. The van der Waals surface area contributed by atoms with Gasteiger partial charge in [0.15, 0.2) is 5.69 Å². The standard InChI is InChI=1S/C15H19N3O4/c1-22-13-7-6-10(16-17-13)14(19)18-11-5-3-2-4-9(11)8-12(18)15(20)21/h6-7,9,11-12H,2-5,8H2,1H3,(H,20,21). The molecule has 2 fully saturated rings. The van der Waals surface area contributed by atoms with Crippen molar-refractivity contribution in [1.82, 2.24) is 15.1 Å². The zero-order valence-electron chi connectivity index (χ0n) is 12.4. The number of fused-ring (bicyclic) bond motifs is 1. The molecule has 3 rings (SSSR count). The first kappa shape index (κ1) is 14.7. The summed E-state index contributed by atoms with van der Waals surface area (Å²) in [7, 11) is 1.47. The van der Waals surface area contributed by atoms with Crippen molar-refractivity contribution in [1.29, 1.82) is 0 Å². The highest BCUT2D eigenvalue weighted by molar-refractivity contribution is 5.95. The molecule has 0 radical (unpaired) electrons. The summed E-state index contributed by atoms with van der Waals surface area (Å²) >= 11 is 0. The summed E-state index contributed by atoms with van der Waals surface area (Å²) < 4.78 is 4.93.